The number of carbonyl (C=O) groups excluding carboxylic acids is 1. The third-order valence-electron chi connectivity index (χ3n) is 3.40. The minimum Gasteiger partial charge on any atom is -0.497 e. The molecule has 0 aliphatic heterocycles. The Morgan fingerprint density at radius 2 is 1.70 bits per heavy atom. The second-order valence-corrected chi connectivity index (χ2v) is 5.25. The van der Waals surface area contributed by atoms with Crippen LogP contribution in [0.25, 0.3) is 0 Å². The molecule has 0 saturated carbocycles. The highest BCUT2D eigenvalue weighted by Gasteiger charge is 2.32. The van der Waals surface area contributed by atoms with Gasteiger partial charge in [0.05, 0.1) is 26.3 Å². The molecule has 0 fully saturated rings. The topological polar surface area (TPSA) is 59.6 Å². The second kappa shape index (κ2) is 8.85. The number of rotatable bonds is 4. The number of hydrogen-bond donors (Lipinski definition) is 2. The van der Waals surface area contributed by atoms with Crippen molar-refractivity contribution in [1.29, 1.82) is 0 Å². The lowest BCUT2D eigenvalue weighted by Gasteiger charge is -2.10. The normalized spacial score (nSPS) is 10.4. The van der Waals surface area contributed by atoms with Gasteiger partial charge in [0.1, 0.15) is 11.5 Å². The number of amides is 2. The molecule has 2 N–H and O–H groups in total. The Morgan fingerprint density at radius 1 is 1.07 bits per heavy atom. The van der Waals surface area contributed by atoms with Crippen molar-refractivity contribution in [3.8, 4) is 23.3 Å². The van der Waals surface area contributed by atoms with Crippen LogP contribution in [-0.2, 0) is 6.18 Å². The van der Waals surface area contributed by atoms with Crippen LogP contribution in [0.15, 0.2) is 42.5 Å². The van der Waals surface area contributed by atoms with Gasteiger partial charge in [-0.1, -0.05) is 24.0 Å². The van der Waals surface area contributed by atoms with E-state index in [0.29, 0.717) is 17.2 Å². The number of benzene rings is 2. The Bertz CT molecular complexity index is 848. The van der Waals surface area contributed by atoms with E-state index in [2.05, 4.69) is 22.5 Å². The Kier molecular flexibility index (Phi) is 6.55. The zero-order chi connectivity index (χ0) is 19.9. The molecule has 2 aromatic rings. The lowest BCUT2D eigenvalue weighted by atomic mass is 10.1. The van der Waals surface area contributed by atoms with Crippen molar-refractivity contribution in [3.05, 3.63) is 53.6 Å². The van der Waals surface area contributed by atoms with Crippen LogP contribution in [0.4, 0.5) is 23.7 Å². The zero-order valence-electron chi connectivity index (χ0n) is 14.6. The van der Waals surface area contributed by atoms with E-state index in [1.54, 1.807) is 18.2 Å². The third kappa shape index (κ3) is 5.85. The first-order valence-corrected chi connectivity index (χ1v) is 7.76. The Morgan fingerprint density at radius 3 is 2.30 bits per heavy atom. The summed E-state index contributed by atoms with van der Waals surface area (Å²) < 4.78 is 48.8. The first kappa shape index (κ1) is 20.0. The van der Waals surface area contributed by atoms with Crippen molar-refractivity contribution >= 4 is 11.7 Å². The predicted molar refractivity (Wildman–Crippen MR) is 94.9 cm³/mol. The molecular weight excluding hydrogens is 361 g/mol. The fraction of sp³-hybridized carbons (Fsp3) is 0.211. The number of anilines is 1. The summed E-state index contributed by atoms with van der Waals surface area (Å²) in [6.45, 7) is -0.126. The second-order valence-electron chi connectivity index (χ2n) is 5.25. The van der Waals surface area contributed by atoms with Gasteiger partial charge in [-0.25, -0.2) is 4.79 Å². The highest BCUT2D eigenvalue weighted by atomic mass is 19.4. The van der Waals surface area contributed by atoms with E-state index in [1.807, 2.05) is 0 Å². The monoisotopic (exact) mass is 378 g/mol. The fourth-order valence-corrected chi connectivity index (χ4v) is 2.16. The highest BCUT2D eigenvalue weighted by molar-refractivity contribution is 5.89. The molecule has 2 amide bonds. The molecule has 5 nitrogen and oxygen atoms in total. The average Bonchev–Trinajstić information content (AvgIpc) is 2.64. The summed E-state index contributed by atoms with van der Waals surface area (Å²) in [7, 11) is 2.96. The minimum atomic E-state index is -4.48. The molecule has 0 unspecified atom stereocenters. The van der Waals surface area contributed by atoms with Gasteiger partial charge < -0.3 is 20.1 Å². The molecule has 0 aliphatic rings. The van der Waals surface area contributed by atoms with Crippen LogP contribution in [0.5, 0.6) is 11.5 Å². The molecule has 2 rings (SSSR count). The van der Waals surface area contributed by atoms with E-state index < -0.39 is 17.8 Å². The van der Waals surface area contributed by atoms with E-state index >= 15 is 0 Å². The van der Waals surface area contributed by atoms with Crippen molar-refractivity contribution < 1.29 is 27.4 Å². The molecule has 142 valence electrons. The number of alkyl halides is 3. The first-order valence-electron chi connectivity index (χ1n) is 7.76. The molecule has 0 atom stereocenters. The maximum atomic E-state index is 12.9. The van der Waals surface area contributed by atoms with Gasteiger partial charge in [-0.3, -0.25) is 0 Å². The van der Waals surface area contributed by atoms with Gasteiger partial charge in [0.25, 0.3) is 0 Å². The molecule has 0 bridgehead atoms. The third-order valence-corrected chi connectivity index (χ3v) is 3.40. The first-order chi connectivity index (χ1) is 12.8. The average molecular weight is 378 g/mol. The molecular formula is C19H17F3N2O3. The van der Waals surface area contributed by atoms with Crippen LogP contribution in [0.2, 0.25) is 0 Å². The van der Waals surface area contributed by atoms with Crippen LogP contribution in [-0.4, -0.2) is 26.8 Å². The quantitative estimate of drug-likeness (QED) is 0.794. The van der Waals surface area contributed by atoms with Gasteiger partial charge in [0, 0.05) is 29.4 Å². The number of methoxy groups -OCH3 is 2. The van der Waals surface area contributed by atoms with Gasteiger partial charge in [0.15, 0.2) is 0 Å². The van der Waals surface area contributed by atoms with Gasteiger partial charge in [-0.15, -0.1) is 0 Å². The molecule has 0 aliphatic carbocycles. The van der Waals surface area contributed by atoms with E-state index in [1.165, 1.54) is 32.4 Å². The summed E-state index contributed by atoms with van der Waals surface area (Å²) in [4.78, 5) is 11.9. The van der Waals surface area contributed by atoms with Crippen LogP contribution < -0.4 is 20.1 Å². The maximum Gasteiger partial charge on any atom is 0.417 e. The van der Waals surface area contributed by atoms with Gasteiger partial charge in [-0.05, 0) is 12.1 Å². The summed E-state index contributed by atoms with van der Waals surface area (Å²) in [6, 6.07) is 9.26. The molecule has 8 heteroatoms. The summed E-state index contributed by atoms with van der Waals surface area (Å²) in [5.74, 6) is 5.92. The van der Waals surface area contributed by atoms with Gasteiger partial charge in [-0.2, -0.15) is 13.2 Å². The van der Waals surface area contributed by atoms with Crippen LogP contribution in [0, 0.1) is 11.8 Å². The number of urea groups is 1. The van der Waals surface area contributed by atoms with Crippen molar-refractivity contribution in [2.75, 3.05) is 26.1 Å². The molecule has 0 heterocycles. The van der Waals surface area contributed by atoms with Gasteiger partial charge in [0.2, 0.25) is 0 Å². The van der Waals surface area contributed by atoms with E-state index in [-0.39, 0.29) is 12.1 Å². The highest BCUT2D eigenvalue weighted by Crippen LogP contribution is 2.31. The van der Waals surface area contributed by atoms with Crippen molar-refractivity contribution in [2.24, 2.45) is 0 Å². The maximum absolute atomic E-state index is 12.9. The van der Waals surface area contributed by atoms with Crippen LogP contribution in [0.3, 0.4) is 0 Å². The number of nitrogens with one attached hydrogen (secondary N) is 2. The Hall–Kier alpha value is -3.34. The molecule has 27 heavy (non-hydrogen) atoms. The SMILES string of the molecule is COc1cc(NC(=O)NCC#Cc2ccccc2C(F)(F)F)cc(OC)c1. The van der Waals surface area contributed by atoms with E-state index in [9.17, 15) is 18.0 Å². The molecule has 0 aromatic heterocycles. The molecule has 0 saturated heterocycles. The van der Waals surface area contributed by atoms with Crippen LogP contribution >= 0.6 is 0 Å². The fourth-order valence-electron chi connectivity index (χ4n) is 2.16. The van der Waals surface area contributed by atoms with E-state index in [0.717, 1.165) is 6.07 Å². The Balaban J connectivity index is 1.98. The number of ether oxygens (including phenoxy) is 2. The summed E-state index contributed by atoms with van der Waals surface area (Å²) in [5, 5.41) is 5.02. The number of halogens is 3. The zero-order valence-corrected chi connectivity index (χ0v) is 14.6. The smallest absolute Gasteiger partial charge is 0.417 e. The van der Waals surface area contributed by atoms with Crippen molar-refractivity contribution in [2.45, 2.75) is 6.18 Å². The van der Waals surface area contributed by atoms with Crippen LogP contribution in [0.1, 0.15) is 11.1 Å². The Labute approximate surface area is 154 Å². The lowest BCUT2D eigenvalue weighted by molar-refractivity contribution is -0.137. The summed E-state index contributed by atoms with van der Waals surface area (Å²) in [5.41, 5.74) is -0.533. The summed E-state index contributed by atoms with van der Waals surface area (Å²) in [6.07, 6.45) is -4.48. The minimum absolute atomic E-state index is 0.126. The number of carbonyl (C=O) groups is 1. The standard InChI is InChI=1S/C19H17F3N2O3/c1-26-15-10-14(11-16(12-15)27-2)24-18(25)23-9-5-7-13-6-3-4-8-17(13)19(20,21)22/h3-4,6,8,10-12H,9H2,1-2H3,(H2,23,24,25). The molecule has 0 radical (unpaired) electrons. The number of hydrogen-bond acceptors (Lipinski definition) is 3. The predicted octanol–water partition coefficient (Wildman–Crippen LogP) is 3.90. The molecule has 0 spiro atoms. The van der Waals surface area contributed by atoms with Gasteiger partial charge >= 0.3 is 12.2 Å². The lowest BCUT2D eigenvalue weighted by Crippen LogP contribution is -2.28. The van der Waals surface area contributed by atoms with E-state index in [4.69, 9.17) is 9.47 Å². The van der Waals surface area contributed by atoms with Crippen molar-refractivity contribution in [1.82, 2.24) is 5.32 Å². The summed E-state index contributed by atoms with van der Waals surface area (Å²) >= 11 is 0. The van der Waals surface area contributed by atoms with Crippen molar-refractivity contribution in [3.63, 3.8) is 0 Å². The largest absolute Gasteiger partial charge is 0.497 e. The molecule has 2 aromatic carbocycles.